The van der Waals surface area contributed by atoms with Gasteiger partial charge in [0, 0.05) is 30.4 Å². The van der Waals surface area contributed by atoms with E-state index in [1.165, 1.54) is 4.68 Å². The molecule has 0 bridgehead atoms. The summed E-state index contributed by atoms with van der Waals surface area (Å²) in [5.41, 5.74) is 1.60. The van der Waals surface area contributed by atoms with E-state index in [1.54, 1.807) is 36.8 Å². The van der Waals surface area contributed by atoms with Crippen LogP contribution in [0.4, 0.5) is 0 Å². The summed E-state index contributed by atoms with van der Waals surface area (Å²) >= 11 is 0. The lowest BCUT2D eigenvalue weighted by molar-refractivity contribution is 0.484. The molecular weight excluding hydrogens is 366 g/mol. The zero-order valence-corrected chi connectivity index (χ0v) is 15.5. The first-order valence-electron chi connectivity index (χ1n) is 9.27. The van der Waals surface area contributed by atoms with Crippen LogP contribution in [0.25, 0.3) is 16.4 Å². The van der Waals surface area contributed by atoms with Crippen molar-refractivity contribution in [1.82, 2.24) is 24.1 Å². The molecule has 0 N–H and O–H groups in total. The molecule has 0 spiro atoms. The van der Waals surface area contributed by atoms with Gasteiger partial charge in [-0.3, -0.25) is 9.78 Å². The predicted octanol–water partition coefficient (Wildman–Crippen LogP) is 3.47. The Morgan fingerprint density at radius 2 is 1.97 bits per heavy atom. The quantitative estimate of drug-likeness (QED) is 0.465. The van der Waals surface area contributed by atoms with Crippen molar-refractivity contribution < 1.29 is 4.74 Å². The van der Waals surface area contributed by atoms with Crippen LogP contribution in [0.1, 0.15) is 5.69 Å². The van der Waals surface area contributed by atoms with Crippen molar-refractivity contribution in [2.24, 2.45) is 0 Å². The van der Waals surface area contributed by atoms with Crippen LogP contribution in [0.5, 0.6) is 11.5 Å². The monoisotopic (exact) mass is 383 g/mol. The molecule has 0 unspecified atom stereocenters. The molecule has 0 aliphatic rings. The molecule has 0 saturated carbocycles. The maximum absolute atomic E-state index is 13.1. The molecule has 7 nitrogen and oxygen atoms in total. The number of rotatable bonds is 5. The van der Waals surface area contributed by atoms with Crippen LogP contribution in [0.2, 0.25) is 0 Å². The number of fused-ring (bicyclic) bond motifs is 2. The van der Waals surface area contributed by atoms with E-state index in [4.69, 9.17) is 4.74 Å². The van der Waals surface area contributed by atoms with Crippen molar-refractivity contribution in [2.75, 3.05) is 0 Å². The Morgan fingerprint density at radius 1 is 1.00 bits per heavy atom. The third kappa shape index (κ3) is 3.34. The number of benzene rings is 1. The summed E-state index contributed by atoms with van der Waals surface area (Å²) in [6.07, 6.45) is 9.50. The second-order valence-electron chi connectivity index (χ2n) is 6.63. The molecule has 1 aromatic carbocycles. The van der Waals surface area contributed by atoms with Gasteiger partial charge in [-0.25, -0.2) is 9.67 Å². The molecule has 4 aromatic heterocycles. The fraction of sp³-hybridized carbons (Fsp3) is 0.0909. The molecule has 5 rings (SSSR count). The van der Waals surface area contributed by atoms with Crippen LogP contribution in [-0.4, -0.2) is 24.1 Å². The van der Waals surface area contributed by atoms with Gasteiger partial charge in [0.1, 0.15) is 17.1 Å². The summed E-state index contributed by atoms with van der Waals surface area (Å²) in [6.45, 7) is 0.430. The topological polar surface area (TPSA) is 74.3 Å². The number of hydrogen-bond acceptors (Lipinski definition) is 5. The van der Waals surface area contributed by atoms with E-state index in [0.29, 0.717) is 29.9 Å². The Morgan fingerprint density at radius 3 is 2.83 bits per heavy atom. The molecule has 0 saturated heterocycles. The van der Waals surface area contributed by atoms with Crippen LogP contribution in [0, 0.1) is 0 Å². The Hall–Kier alpha value is -4.00. The van der Waals surface area contributed by atoms with Crippen LogP contribution < -0.4 is 10.3 Å². The highest BCUT2D eigenvalue weighted by molar-refractivity contribution is 5.86. The average Bonchev–Trinajstić information content (AvgIpc) is 3.17. The first kappa shape index (κ1) is 17.1. The lowest BCUT2D eigenvalue weighted by atomic mass is 10.2. The standard InChI is InChI=1S/C22H17N5O2/c28-22-21-16(5-3-7-19(21)29-18-6-4-10-23-14-18)13-24-27(22)12-9-17-15-26-11-2-1-8-20(26)25-17/h1-8,10-11,13-15H,9,12H2. The van der Waals surface area contributed by atoms with Crippen molar-refractivity contribution in [3.05, 3.63) is 95.6 Å². The number of aryl methyl sites for hydroxylation is 2. The minimum Gasteiger partial charge on any atom is -0.455 e. The molecule has 0 amide bonds. The minimum atomic E-state index is -0.189. The Kier molecular flexibility index (Phi) is 4.25. The molecule has 0 radical (unpaired) electrons. The summed E-state index contributed by atoms with van der Waals surface area (Å²) in [5.74, 6) is 1.07. The number of nitrogens with zero attached hydrogens (tertiary/aromatic N) is 5. The van der Waals surface area contributed by atoms with E-state index in [9.17, 15) is 4.79 Å². The number of hydrogen-bond donors (Lipinski definition) is 0. The van der Waals surface area contributed by atoms with Crippen LogP contribution in [0.3, 0.4) is 0 Å². The first-order valence-corrected chi connectivity index (χ1v) is 9.27. The number of pyridine rings is 2. The Labute approximate surface area is 165 Å². The highest BCUT2D eigenvalue weighted by atomic mass is 16.5. The van der Waals surface area contributed by atoms with Crippen molar-refractivity contribution in [1.29, 1.82) is 0 Å². The number of imidazole rings is 1. The van der Waals surface area contributed by atoms with E-state index in [-0.39, 0.29) is 5.56 Å². The molecule has 29 heavy (non-hydrogen) atoms. The summed E-state index contributed by atoms with van der Waals surface area (Å²) in [6, 6.07) is 14.9. The molecule has 0 fully saturated rings. The van der Waals surface area contributed by atoms with Gasteiger partial charge in [0.05, 0.1) is 30.0 Å². The fourth-order valence-electron chi connectivity index (χ4n) is 3.30. The lowest BCUT2D eigenvalue weighted by Gasteiger charge is -2.10. The molecule has 7 heteroatoms. The molecule has 4 heterocycles. The van der Waals surface area contributed by atoms with E-state index in [2.05, 4.69) is 15.1 Å². The van der Waals surface area contributed by atoms with E-state index >= 15 is 0 Å². The van der Waals surface area contributed by atoms with Gasteiger partial charge in [-0.1, -0.05) is 18.2 Å². The fourth-order valence-corrected chi connectivity index (χ4v) is 3.30. The second-order valence-corrected chi connectivity index (χ2v) is 6.63. The maximum Gasteiger partial charge on any atom is 0.278 e. The summed E-state index contributed by atoms with van der Waals surface area (Å²) in [5, 5.41) is 5.56. The van der Waals surface area contributed by atoms with Crippen molar-refractivity contribution in [3.63, 3.8) is 0 Å². The summed E-state index contributed by atoms with van der Waals surface area (Å²) < 4.78 is 9.34. The molecular formula is C22H17N5O2. The van der Waals surface area contributed by atoms with Gasteiger partial charge >= 0.3 is 0 Å². The third-order valence-corrected chi connectivity index (χ3v) is 4.70. The van der Waals surface area contributed by atoms with Crippen LogP contribution in [-0.2, 0) is 13.0 Å². The Balaban J connectivity index is 1.47. The number of ether oxygens (including phenoxy) is 1. The van der Waals surface area contributed by atoms with Crippen LogP contribution in [0.15, 0.2) is 84.3 Å². The normalized spacial score (nSPS) is 11.2. The molecule has 5 aromatic rings. The Bertz CT molecular complexity index is 1330. The zero-order chi connectivity index (χ0) is 19.6. The highest BCUT2D eigenvalue weighted by Crippen LogP contribution is 2.26. The van der Waals surface area contributed by atoms with Crippen molar-refractivity contribution in [3.8, 4) is 11.5 Å². The summed E-state index contributed by atoms with van der Waals surface area (Å²) in [7, 11) is 0. The third-order valence-electron chi connectivity index (χ3n) is 4.70. The van der Waals surface area contributed by atoms with Gasteiger partial charge in [0.2, 0.25) is 0 Å². The van der Waals surface area contributed by atoms with Gasteiger partial charge in [-0.05, 0) is 30.3 Å². The van der Waals surface area contributed by atoms with Crippen molar-refractivity contribution >= 4 is 16.4 Å². The highest BCUT2D eigenvalue weighted by Gasteiger charge is 2.12. The molecule has 142 valence electrons. The van der Waals surface area contributed by atoms with Crippen LogP contribution >= 0.6 is 0 Å². The van der Waals surface area contributed by atoms with Gasteiger partial charge in [0.25, 0.3) is 5.56 Å². The molecule has 0 atom stereocenters. The van der Waals surface area contributed by atoms with Gasteiger partial charge in [-0.2, -0.15) is 5.10 Å². The smallest absolute Gasteiger partial charge is 0.278 e. The largest absolute Gasteiger partial charge is 0.455 e. The SMILES string of the molecule is O=c1c2c(Oc3cccnc3)cccc2cnn1CCc1cn2ccccc2n1. The van der Waals surface area contributed by atoms with Gasteiger partial charge in [-0.15, -0.1) is 0 Å². The minimum absolute atomic E-state index is 0.189. The van der Waals surface area contributed by atoms with Gasteiger partial charge in [0.15, 0.2) is 0 Å². The van der Waals surface area contributed by atoms with E-state index in [0.717, 1.165) is 16.7 Å². The van der Waals surface area contributed by atoms with E-state index < -0.39 is 0 Å². The molecule has 0 aliphatic heterocycles. The van der Waals surface area contributed by atoms with Crippen molar-refractivity contribution in [2.45, 2.75) is 13.0 Å². The zero-order valence-electron chi connectivity index (χ0n) is 15.5. The number of aromatic nitrogens is 5. The predicted molar refractivity (Wildman–Crippen MR) is 109 cm³/mol. The maximum atomic E-state index is 13.1. The van der Waals surface area contributed by atoms with Gasteiger partial charge < -0.3 is 9.14 Å². The first-order chi connectivity index (χ1) is 14.3. The van der Waals surface area contributed by atoms with E-state index in [1.807, 2.05) is 47.1 Å². The summed E-state index contributed by atoms with van der Waals surface area (Å²) in [4.78, 5) is 21.7. The second kappa shape index (κ2) is 7.20. The molecule has 0 aliphatic carbocycles. The lowest BCUT2D eigenvalue weighted by Crippen LogP contribution is -2.24. The average molecular weight is 383 g/mol.